The molecule has 388 valence electrons. The Kier molecular flexibility index (Phi) is 18.9. The van der Waals surface area contributed by atoms with Gasteiger partial charge in [-0.3, -0.25) is 9.13 Å². The van der Waals surface area contributed by atoms with Crippen LogP contribution in [0.25, 0.3) is 0 Å². The SMILES string of the molecule is CCOP(=O)(CCCOc1c2cc(C(C)(C)C)cc1Cc1cc(C(C)(C)C)cc(c1O)Cc1cc(C(C)(C)C)cc(c1OCCCP(=O)(OCC)OCC)Cc1cc(C(C)(C)C)cc(c1O)C2)OCC. The van der Waals surface area contributed by atoms with Crippen molar-refractivity contribution in [2.75, 3.05) is 52.0 Å². The maximum Gasteiger partial charge on any atom is 0.330 e. The lowest BCUT2D eigenvalue weighted by molar-refractivity contribution is 0.215. The fourth-order valence-corrected chi connectivity index (χ4v) is 12.3. The summed E-state index contributed by atoms with van der Waals surface area (Å²) in [6.07, 6.45) is 2.72. The highest BCUT2D eigenvalue weighted by Gasteiger charge is 2.30. The molecule has 4 aromatic rings. The van der Waals surface area contributed by atoms with Crippen molar-refractivity contribution in [3.8, 4) is 23.0 Å². The lowest BCUT2D eigenvalue weighted by atomic mass is 9.79. The molecule has 0 saturated carbocycles. The number of hydrogen-bond acceptors (Lipinski definition) is 10. The lowest BCUT2D eigenvalue weighted by Crippen LogP contribution is -2.17. The van der Waals surface area contributed by atoms with E-state index in [9.17, 15) is 19.3 Å². The summed E-state index contributed by atoms with van der Waals surface area (Å²) in [4.78, 5) is 0. The minimum Gasteiger partial charge on any atom is -0.507 e. The molecule has 0 fully saturated rings. The molecule has 0 aliphatic heterocycles. The Hall–Kier alpha value is -3.62. The summed E-state index contributed by atoms with van der Waals surface area (Å²) in [5.74, 6) is 1.79. The Bertz CT molecular complexity index is 2240. The average molecular weight is 1010 g/mol. The first kappa shape index (κ1) is 57.3. The molecular formula is C58H86O10P2. The molecule has 0 radical (unpaired) electrons. The van der Waals surface area contributed by atoms with E-state index < -0.39 is 15.2 Å². The highest BCUT2D eigenvalue weighted by Crippen LogP contribution is 2.50. The maximum absolute atomic E-state index is 13.6. The fraction of sp³-hybridized carbons (Fsp3) is 0.586. The van der Waals surface area contributed by atoms with Crippen LogP contribution in [-0.2, 0) is 74.6 Å². The van der Waals surface area contributed by atoms with Crippen molar-refractivity contribution in [1.29, 1.82) is 0 Å². The van der Waals surface area contributed by atoms with Crippen LogP contribution in [0, 0.1) is 0 Å². The van der Waals surface area contributed by atoms with Gasteiger partial charge in [-0.2, -0.15) is 0 Å². The van der Waals surface area contributed by atoms with Crippen molar-refractivity contribution in [2.45, 2.75) is 171 Å². The monoisotopic (exact) mass is 1000 g/mol. The minimum absolute atomic E-state index is 0.207. The zero-order chi connectivity index (χ0) is 52.0. The molecule has 4 aromatic carbocycles. The second kappa shape index (κ2) is 23.1. The zero-order valence-corrected chi connectivity index (χ0v) is 47.4. The van der Waals surface area contributed by atoms with Crippen LogP contribution in [0.5, 0.6) is 23.0 Å². The molecule has 5 rings (SSSR count). The van der Waals surface area contributed by atoms with Crippen LogP contribution >= 0.6 is 15.2 Å². The van der Waals surface area contributed by atoms with Gasteiger partial charge in [-0.05, 0) is 129 Å². The highest BCUT2D eigenvalue weighted by molar-refractivity contribution is 7.54. The van der Waals surface area contributed by atoms with E-state index >= 15 is 0 Å². The first-order valence-corrected chi connectivity index (χ1v) is 29.0. The van der Waals surface area contributed by atoms with Crippen LogP contribution in [-0.4, -0.2) is 62.2 Å². The largest absolute Gasteiger partial charge is 0.507 e. The topological polar surface area (TPSA) is 130 Å². The van der Waals surface area contributed by atoms with Crippen molar-refractivity contribution < 1.29 is 46.9 Å². The summed E-state index contributed by atoms with van der Waals surface area (Å²) in [6, 6.07) is 17.3. The van der Waals surface area contributed by atoms with E-state index in [-0.39, 0.29) is 85.1 Å². The number of phenolic OH excluding ortho intramolecular Hbond substituents is 2. The first-order valence-electron chi connectivity index (χ1n) is 25.6. The Morgan fingerprint density at radius 1 is 0.400 bits per heavy atom. The Balaban J connectivity index is 1.83. The lowest BCUT2D eigenvalue weighted by Gasteiger charge is -2.28. The normalized spacial score (nSPS) is 13.9. The molecule has 0 atom stereocenters. The summed E-state index contributed by atoms with van der Waals surface area (Å²) < 4.78 is 63.4. The summed E-state index contributed by atoms with van der Waals surface area (Å²) in [5, 5.41) is 25.4. The van der Waals surface area contributed by atoms with Crippen molar-refractivity contribution in [2.24, 2.45) is 0 Å². The molecule has 0 aromatic heterocycles. The number of aromatic hydroxyl groups is 2. The minimum atomic E-state index is -3.31. The zero-order valence-electron chi connectivity index (χ0n) is 45.6. The van der Waals surface area contributed by atoms with Crippen molar-refractivity contribution in [1.82, 2.24) is 0 Å². The van der Waals surface area contributed by atoms with E-state index in [0.29, 0.717) is 50.0 Å². The van der Waals surface area contributed by atoms with Gasteiger partial charge in [0.15, 0.2) is 0 Å². The van der Waals surface area contributed by atoms with Gasteiger partial charge in [0.05, 0.1) is 52.0 Å². The van der Waals surface area contributed by atoms with Gasteiger partial charge in [0, 0.05) is 25.7 Å². The molecule has 8 bridgehead atoms. The molecule has 10 nitrogen and oxygen atoms in total. The second-order valence-electron chi connectivity index (χ2n) is 23.0. The van der Waals surface area contributed by atoms with Crippen LogP contribution < -0.4 is 9.47 Å². The number of ether oxygens (including phenoxy) is 2. The van der Waals surface area contributed by atoms with Gasteiger partial charge in [-0.1, -0.05) is 132 Å². The summed E-state index contributed by atoms with van der Waals surface area (Å²) in [5.41, 5.74) is 10.1. The number of phenols is 2. The van der Waals surface area contributed by atoms with Gasteiger partial charge >= 0.3 is 15.2 Å². The predicted molar refractivity (Wildman–Crippen MR) is 287 cm³/mol. The van der Waals surface area contributed by atoms with Gasteiger partial charge in [-0.25, -0.2) is 0 Å². The third-order valence-corrected chi connectivity index (χ3v) is 17.3. The molecule has 1 aliphatic carbocycles. The van der Waals surface area contributed by atoms with E-state index in [1.807, 2.05) is 27.7 Å². The molecule has 2 N–H and O–H groups in total. The molecule has 0 spiro atoms. The predicted octanol–water partition coefficient (Wildman–Crippen LogP) is 15.0. The van der Waals surface area contributed by atoms with Crippen LogP contribution in [0.2, 0.25) is 0 Å². The molecule has 0 heterocycles. The molecule has 0 saturated heterocycles. The van der Waals surface area contributed by atoms with Gasteiger partial charge in [0.25, 0.3) is 0 Å². The third kappa shape index (κ3) is 14.8. The van der Waals surface area contributed by atoms with E-state index in [2.05, 4.69) is 132 Å². The molecule has 12 heteroatoms. The number of benzene rings is 4. The third-order valence-electron chi connectivity index (χ3n) is 13.0. The smallest absolute Gasteiger partial charge is 0.330 e. The van der Waals surface area contributed by atoms with E-state index in [1.165, 1.54) is 0 Å². The highest BCUT2D eigenvalue weighted by atomic mass is 31.2. The fourth-order valence-electron chi connectivity index (χ4n) is 9.00. The molecule has 0 unspecified atom stereocenters. The average Bonchev–Trinajstić information content (AvgIpc) is 3.23. The number of fused-ring (bicyclic) bond motifs is 8. The van der Waals surface area contributed by atoms with Crippen molar-refractivity contribution in [3.05, 3.63) is 115 Å². The van der Waals surface area contributed by atoms with Gasteiger partial charge in [0.1, 0.15) is 23.0 Å². The van der Waals surface area contributed by atoms with Crippen molar-refractivity contribution in [3.63, 3.8) is 0 Å². The maximum atomic E-state index is 13.6. The first-order chi connectivity index (χ1) is 32.5. The number of rotatable bonds is 18. The Morgan fingerprint density at radius 3 is 0.814 bits per heavy atom. The molecule has 70 heavy (non-hydrogen) atoms. The van der Waals surface area contributed by atoms with E-state index in [0.717, 1.165) is 66.8 Å². The Morgan fingerprint density at radius 2 is 0.614 bits per heavy atom. The van der Waals surface area contributed by atoms with Gasteiger partial charge in [0.2, 0.25) is 0 Å². The number of hydrogen-bond donors (Lipinski definition) is 2. The van der Waals surface area contributed by atoms with E-state index in [1.54, 1.807) is 0 Å². The summed E-state index contributed by atoms with van der Waals surface area (Å²) >= 11 is 0. The quantitative estimate of drug-likeness (QED) is 0.0646. The Labute approximate surface area is 421 Å². The molecule has 0 amide bonds. The standard InChI is InChI=1S/C58H86O10P2/c1-17-65-69(61,66-18-2)25-21-23-63-53-43-27-39-31-47(55(5,6)7)33-41(51(39)59)29-45-37-50(58(14,15)16)38-46(54(45)64-24-22-26-70(62,67-19-3)68-20-4)30-42-34-48(56(8,9)10)32-40(52(42)60)28-44(53)36-49(35-43)57(11,12)13/h31-38,59-60H,17-30H2,1-16H3. The summed E-state index contributed by atoms with van der Waals surface area (Å²) in [7, 11) is -6.62. The molecular weight excluding hydrogens is 919 g/mol. The second-order valence-corrected chi connectivity index (χ2v) is 27.4. The van der Waals surface area contributed by atoms with Crippen LogP contribution in [0.3, 0.4) is 0 Å². The van der Waals surface area contributed by atoms with E-state index in [4.69, 9.17) is 27.6 Å². The van der Waals surface area contributed by atoms with Crippen LogP contribution in [0.1, 0.15) is 190 Å². The van der Waals surface area contributed by atoms with Crippen LogP contribution in [0.15, 0.2) is 48.5 Å². The van der Waals surface area contributed by atoms with Crippen LogP contribution in [0.4, 0.5) is 0 Å². The summed E-state index contributed by atoms with van der Waals surface area (Å²) in [6.45, 7) is 35.2. The molecule has 1 aliphatic rings. The van der Waals surface area contributed by atoms with Gasteiger partial charge < -0.3 is 37.8 Å². The van der Waals surface area contributed by atoms with Gasteiger partial charge in [-0.15, -0.1) is 0 Å². The van der Waals surface area contributed by atoms with Crippen molar-refractivity contribution >= 4 is 15.2 Å².